The Bertz CT molecular complexity index is 409. The fourth-order valence-electron chi connectivity index (χ4n) is 2.91. The summed E-state index contributed by atoms with van der Waals surface area (Å²) < 4.78 is 13.5. The lowest BCUT2D eigenvalue weighted by molar-refractivity contribution is 0.112. The highest BCUT2D eigenvalue weighted by molar-refractivity contribution is 5.24. The number of hydrogen-bond acceptors (Lipinski definition) is 3. The van der Waals surface area contributed by atoms with E-state index < -0.39 is 0 Å². The number of aliphatic hydroxyl groups is 1. The monoisotopic (exact) mass is 266 g/mol. The molecule has 0 amide bonds. The Morgan fingerprint density at radius 1 is 1.26 bits per heavy atom. The summed E-state index contributed by atoms with van der Waals surface area (Å²) in [5, 5.41) is 9.13. The maximum atomic E-state index is 13.5. The Kier molecular flexibility index (Phi) is 5.31. The molecule has 1 fully saturated rings. The van der Waals surface area contributed by atoms with Gasteiger partial charge in [-0.1, -0.05) is 12.5 Å². The molecule has 0 spiro atoms. The van der Waals surface area contributed by atoms with E-state index in [9.17, 15) is 4.39 Å². The Morgan fingerprint density at radius 2 is 2.05 bits per heavy atom. The molecule has 0 aromatic heterocycles. The predicted octanol–water partition coefficient (Wildman–Crippen LogP) is 2.02. The van der Waals surface area contributed by atoms with Gasteiger partial charge >= 0.3 is 0 Å². The van der Waals surface area contributed by atoms with Crippen LogP contribution in [0.5, 0.6) is 0 Å². The Morgan fingerprint density at radius 3 is 2.79 bits per heavy atom. The van der Waals surface area contributed by atoms with Crippen molar-refractivity contribution in [2.24, 2.45) is 5.73 Å². The molecule has 4 heteroatoms. The van der Waals surface area contributed by atoms with Crippen molar-refractivity contribution < 1.29 is 9.50 Å². The molecule has 106 valence electrons. The number of likely N-dealkylation sites (tertiary alicyclic amines) is 1. The van der Waals surface area contributed by atoms with Gasteiger partial charge in [0.25, 0.3) is 0 Å². The molecule has 0 aliphatic carbocycles. The molecule has 2 rings (SSSR count). The van der Waals surface area contributed by atoms with Gasteiger partial charge in [-0.3, -0.25) is 4.90 Å². The van der Waals surface area contributed by atoms with Gasteiger partial charge in [0.2, 0.25) is 0 Å². The van der Waals surface area contributed by atoms with Crippen molar-refractivity contribution in [2.75, 3.05) is 13.2 Å². The molecule has 1 heterocycles. The zero-order valence-electron chi connectivity index (χ0n) is 11.3. The second kappa shape index (κ2) is 6.98. The Labute approximate surface area is 114 Å². The van der Waals surface area contributed by atoms with Gasteiger partial charge in [0.15, 0.2) is 0 Å². The molecule has 0 bridgehead atoms. The third-order valence-corrected chi connectivity index (χ3v) is 3.85. The number of aliphatic hydroxyl groups excluding tert-OH is 1. The van der Waals surface area contributed by atoms with Crippen LogP contribution in [0.15, 0.2) is 18.2 Å². The van der Waals surface area contributed by atoms with E-state index in [1.54, 1.807) is 6.07 Å². The number of piperidine rings is 1. The fraction of sp³-hybridized carbons (Fsp3) is 0.600. The minimum atomic E-state index is -0.214. The van der Waals surface area contributed by atoms with Gasteiger partial charge in [0.1, 0.15) is 5.82 Å². The molecular formula is C15H23FN2O. The molecule has 1 aromatic rings. The van der Waals surface area contributed by atoms with Crippen molar-refractivity contribution in [1.82, 2.24) is 4.90 Å². The van der Waals surface area contributed by atoms with Crippen LogP contribution in [0.2, 0.25) is 0 Å². The SMILES string of the molecule is NCc1cc(F)cc(CN2CCCCC2CCO)c1. The molecule has 1 atom stereocenters. The lowest BCUT2D eigenvalue weighted by atomic mass is 9.98. The van der Waals surface area contributed by atoms with Crippen LogP contribution in [0.1, 0.15) is 36.8 Å². The van der Waals surface area contributed by atoms with Gasteiger partial charge in [-0.05, 0) is 49.1 Å². The minimum Gasteiger partial charge on any atom is -0.396 e. The summed E-state index contributed by atoms with van der Waals surface area (Å²) in [6.45, 7) is 2.36. The van der Waals surface area contributed by atoms with Crippen LogP contribution in [-0.4, -0.2) is 29.2 Å². The molecule has 1 aliphatic rings. The molecule has 1 unspecified atom stereocenters. The van der Waals surface area contributed by atoms with E-state index in [1.165, 1.54) is 18.9 Å². The van der Waals surface area contributed by atoms with E-state index in [0.717, 1.165) is 37.1 Å². The van der Waals surface area contributed by atoms with Gasteiger partial charge in [0, 0.05) is 25.7 Å². The van der Waals surface area contributed by atoms with Crippen molar-refractivity contribution in [1.29, 1.82) is 0 Å². The van der Waals surface area contributed by atoms with E-state index in [2.05, 4.69) is 4.90 Å². The van der Waals surface area contributed by atoms with E-state index in [1.807, 2.05) is 6.07 Å². The smallest absolute Gasteiger partial charge is 0.123 e. The van der Waals surface area contributed by atoms with Crippen LogP contribution >= 0.6 is 0 Å². The van der Waals surface area contributed by atoms with Gasteiger partial charge < -0.3 is 10.8 Å². The van der Waals surface area contributed by atoms with E-state index >= 15 is 0 Å². The van der Waals surface area contributed by atoms with Crippen LogP contribution < -0.4 is 5.73 Å². The number of benzene rings is 1. The minimum absolute atomic E-state index is 0.214. The normalized spacial score (nSPS) is 20.7. The largest absolute Gasteiger partial charge is 0.396 e. The fourth-order valence-corrected chi connectivity index (χ4v) is 2.91. The van der Waals surface area contributed by atoms with Crippen LogP contribution in [0.3, 0.4) is 0 Å². The molecule has 1 saturated heterocycles. The molecule has 3 nitrogen and oxygen atoms in total. The number of halogens is 1. The number of nitrogens with two attached hydrogens (primary N) is 1. The molecule has 1 aromatic carbocycles. The number of rotatable bonds is 5. The predicted molar refractivity (Wildman–Crippen MR) is 74.0 cm³/mol. The topological polar surface area (TPSA) is 49.5 Å². The third kappa shape index (κ3) is 4.00. The van der Waals surface area contributed by atoms with Crippen molar-refractivity contribution in [3.63, 3.8) is 0 Å². The third-order valence-electron chi connectivity index (χ3n) is 3.85. The molecule has 19 heavy (non-hydrogen) atoms. The second-order valence-electron chi connectivity index (χ2n) is 5.30. The Hall–Kier alpha value is -0.970. The highest BCUT2D eigenvalue weighted by Crippen LogP contribution is 2.22. The quantitative estimate of drug-likeness (QED) is 0.857. The first kappa shape index (κ1) is 14.4. The van der Waals surface area contributed by atoms with E-state index in [0.29, 0.717) is 12.6 Å². The summed E-state index contributed by atoms with van der Waals surface area (Å²) in [5.74, 6) is -0.214. The highest BCUT2D eigenvalue weighted by Gasteiger charge is 2.22. The zero-order valence-corrected chi connectivity index (χ0v) is 11.3. The van der Waals surface area contributed by atoms with Gasteiger partial charge in [-0.25, -0.2) is 4.39 Å². The van der Waals surface area contributed by atoms with Gasteiger partial charge in [-0.2, -0.15) is 0 Å². The summed E-state index contributed by atoms with van der Waals surface area (Å²) in [7, 11) is 0. The molecule has 0 radical (unpaired) electrons. The van der Waals surface area contributed by atoms with Crippen LogP contribution in [-0.2, 0) is 13.1 Å². The molecular weight excluding hydrogens is 243 g/mol. The summed E-state index contributed by atoms with van der Waals surface area (Å²) in [6.07, 6.45) is 4.33. The Balaban J connectivity index is 2.07. The van der Waals surface area contributed by atoms with Gasteiger partial charge in [0.05, 0.1) is 0 Å². The zero-order chi connectivity index (χ0) is 13.7. The molecule has 1 aliphatic heterocycles. The average Bonchev–Trinajstić information content (AvgIpc) is 2.40. The summed E-state index contributed by atoms with van der Waals surface area (Å²) in [6, 6.07) is 5.48. The summed E-state index contributed by atoms with van der Waals surface area (Å²) in [4.78, 5) is 2.36. The second-order valence-corrected chi connectivity index (χ2v) is 5.30. The van der Waals surface area contributed by atoms with Crippen LogP contribution in [0.25, 0.3) is 0 Å². The van der Waals surface area contributed by atoms with Crippen molar-refractivity contribution in [2.45, 2.75) is 44.8 Å². The maximum absolute atomic E-state index is 13.5. The first-order valence-corrected chi connectivity index (χ1v) is 7.06. The maximum Gasteiger partial charge on any atom is 0.123 e. The van der Waals surface area contributed by atoms with Crippen molar-refractivity contribution >= 4 is 0 Å². The van der Waals surface area contributed by atoms with Gasteiger partial charge in [-0.15, -0.1) is 0 Å². The summed E-state index contributed by atoms with van der Waals surface area (Å²) in [5.41, 5.74) is 7.40. The standard InChI is InChI=1S/C15H23FN2O/c16-14-8-12(10-17)7-13(9-14)11-18-5-2-1-3-15(18)4-6-19/h7-9,15,19H,1-6,10-11,17H2. The van der Waals surface area contributed by atoms with E-state index in [4.69, 9.17) is 10.8 Å². The van der Waals surface area contributed by atoms with Crippen LogP contribution in [0.4, 0.5) is 4.39 Å². The first-order chi connectivity index (χ1) is 9.22. The van der Waals surface area contributed by atoms with E-state index in [-0.39, 0.29) is 12.4 Å². The number of nitrogens with zero attached hydrogens (tertiary/aromatic N) is 1. The molecule has 0 saturated carbocycles. The lowest BCUT2D eigenvalue weighted by Crippen LogP contribution is -2.39. The number of hydrogen-bond donors (Lipinski definition) is 2. The average molecular weight is 266 g/mol. The van der Waals surface area contributed by atoms with Crippen LogP contribution in [0, 0.1) is 5.82 Å². The van der Waals surface area contributed by atoms with Crippen molar-refractivity contribution in [3.05, 3.63) is 35.1 Å². The first-order valence-electron chi connectivity index (χ1n) is 7.06. The van der Waals surface area contributed by atoms with Crippen molar-refractivity contribution in [3.8, 4) is 0 Å². The molecule has 3 N–H and O–H groups in total. The summed E-state index contributed by atoms with van der Waals surface area (Å²) >= 11 is 0. The highest BCUT2D eigenvalue weighted by atomic mass is 19.1. The lowest BCUT2D eigenvalue weighted by Gasteiger charge is -2.35.